The third-order valence-electron chi connectivity index (χ3n) is 4.04. The quantitative estimate of drug-likeness (QED) is 0.584. The number of nitrogens with one attached hydrogen (secondary N) is 1. The van der Waals surface area contributed by atoms with E-state index in [9.17, 15) is 0 Å². The second-order valence-electron chi connectivity index (χ2n) is 6.30. The Labute approximate surface area is 150 Å². The van der Waals surface area contributed by atoms with Crippen molar-refractivity contribution in [2.45, 2.75) is 39.2 Å². The van der Waals surface area contributed by atoms with Gasteiger partial charge in [0.2, 0.25) is 0 Å². The molecule has 2 aromatic heterocycles. The average Bonchev–Trinajstić information content (AvgIpc) is 3.24. The zero-order chi connectivity index (χ0) is 17.8. The number of aliphatic imine (C=N–C) groups is 1. The predicted molar refractivity (Wildman–Crippen MR) is 98.1 cm³/mol. The van der Waals surface area contributed by atoms with Crippen LogP contribution in [0.1, 0.15) is 40.0 Å². The monoisotopic (exact) mass is 358 g/mol. The molecule has 1 aliphatic carbocycles. The molecule has 2 aromatic rings. The number of pyridine rings is 1. The lowest BCUT2D eigenvalue weighted by molar-refractivity contribution is 0.276. The predicted octanol–water partition coefficient (Wildman–Crippen LogP) is 2.59. The molecule has 0 spiro atoms. The van der Waals surface area contributed by atoms with E-state index in [1.165, 1.54) is 11.3 Å². The maximum atomic E-state index is 7.90. The molecule has 0 aliphatic heterocycles. The highest BCUT2D eigenvalue weighted by Crippen LogP contribution is 2.46. The van der Waals surface area contributed by atoms with Gasteiger partial charge in [-0.05, 0) is 31.9 Å². The summed E-state index contributed by atoms with van der Waals surface area (Å²) in [4.78, 5) is 8.70. The van der Waals surface area contributed by atoms with Crippen molar-refractivity contribution in [1.29, 1.82) is 5.41 Å². The fraction of sp³-hybridized carbons (Fsp3) is 0.471. The average molecular weight is 358 g/mol. The highest BCUT2D eigenvalue weighted by Gasteiger charge is 2.40. The number of hydrogen-bond acceptors (Lipinski definition) is 7. The van der Waals surface area contributed by atoms with E-state index < -0.39 is 0 Å². The summed E-state index contributed by atoms with van der Waals surface area (Å²) in [5.74, 6) is 1.40. The lowest BCUT2D eigenvalue weighted by Gasteiger charge is -2.07. The van der Waals surface area contributed by atoms with Crippen LogP contribution in [0.4, 0.5) is 0 Å². The van der Waals surface area contributed by atoms with Crippen LogP contribution in [0.3, 0.4) is 0 Å². The zero-order valence-corrected chi connectivity index (χ0v) is 15.2. The molecule has 0 amide bonds. The molecule has 25 heavy (non-hydrogen) atoms. The summed E-state index contributed by atoms with van der Waals surface area (Å²) >= 11 is 1.49. The second kappa shape index (κ2) is 7.69. The normalized spacial score (nSPS) is 19.7. The molecule has 0 radical (unpaired) electrons. The van der Waals surface area contributed by atoms with Gasteiger partial charge in [-0.25, -0.2) is 0 Å². The summed E-state index contributed by atoms with van der Waals surface area (Å²) in [6.45, 7) is 4.86. The van der Waals surface area contributed by atoms with E-state index in [-0.39, 0.29) is 12.3 Å². The van der Waals surface area contributed by atoms with Gasteiger partial charge in [0.15, 0.2) is 5.90 Å². The molecular formula is C17H22N6OS. The zero-order valence-electron chi connectivity index (χ0n) is 14.4. The number of ether oxygens (including phenoxy) is 1. The van der Waals surface area contributed by atoms with Crippen molar-refractivity contribution in [3.8, 4) is 0 Å². The minimum Gasteiger partial charge on any atom is -0.480 e. The van der Waals surface area contributed by atoms with Crippen molar-refractivity contribution in [3.05, 3.63) is 39.6 Å². The maximum Gasteiger partial charge on any atom is 0.188 e. The SMILES string of the molecule is Cc1ccc(C2CC2COC(=N)CC(N)=NCc2nnc(C)s2)nc1. The van der Waals surface area contributed by atoms with Gasteiger partial charge in [-0.1, -0.05) is 17.4 Å². The maximum absolute atomic E-state index is 7.90. The van der Waals surface area contributed by atoms with Gasteiger partial charge in [-0.3, -0.25) is 15.4 Å². The molecule has 8 heteroatoms. The van der Waals surface area contributed by atoms with E-state index in [1.807, 2.05) is 20.0 Å². The summed E-state index contributed by atoms with van der Waals surface area (Å²) in [7, 11) is 0. The van der Waals surface area contributed by atoms with Crippen molar-refractivity contribution in [1.82, 2.24) is 15.2 Å². The van der Waals surface area contributed by atoms with Gasteiger partial charge < -0.3 is 10.5 Å². The van der Waals surface area contributed by atoms with E-state index in [4.69, 9.17) is 15.9 Å². The molecule has 1 aliphatic rings. The first-order valence-corrected chi connectivity index (χ1v) is 9.03. The molecule has 132 valence electrons. The number of aromatic nitrogens is 3. The van der Waals surface area contributed by atoms with Gasteiger partial charge in [0.05, 0.1) is 19.6 Å². The first-order valence-electron chi connectivity index (χ1n) is 8.22. The fourth-order valence-electron chi connectivity index (χ4n) is 2.54. The number of nitrogens with two attached hydrogens (primary N) is 1. The summed E-state index contributed by atoms with van der Waals surface area (Å²) < 4.78 is 5.54. The molecule has 3 N–H and O–H groups in total. The summed E-state index contributed by atoms with van der Waals surface area (Å²) in [5, 5.41) is 17.6. The van der Waals surface area contributed by atoms with Crippen LogP contribution in [0.15, 0.2) is 23.3 Å². The molecule has 2 atom stereocenters. The molecule has 0 saturated heterocycles. The first-order chi connectivity index (χ1) is 12.0. The molecular weight excluding hydrogens is 336 g/mol. The number of aryl methyl sites for hydroxylation is 2. The van der Waals surface area contributed by atoms with E-state index in [2.05, 4.69) is 32.3 Å². The Balaban J connectivity index is 1.39. The fourth-order valence-corrected chi connectivity index (χ4v) is 3.18. The Morgan fingerprint density at radius 2 is 2.24 bits per heavy atom. The highest BCUT2D eigenvalue weighted by molar-refractivity contribution is 7.11. The van der Waals surface area contributed by atoms with Crippen molar-refractivity contribution in [2.24, 2.45) is 16.6 Å². The summed E-state index contributed by atoms with van der Waals surface area (Å²) in [6, 6.07) is 4.16. The molecule has 3 rings (SSSR count). The van der Waals surface area contributed by atoms with Crippen LogP contribution in [0.5, 0.6) is 0 Å². The number of amidine groups is 1. The van der Waals surface area contributed by atoms with Crippen LogP contribution < -0.4 is 5.73 Å². The molecule has 7 nitrogen and oxygen atoms in total. The standard InChI is InChI=1S/C17H22N6OS/c1-10-3-4-14(20-7-10)13-5-12(13)9-24-16(19)6-15(18)21-8-17-23-22-11(2)25-17/h3-4,7,12-13,19H,5-6,8-9H2,1-2H3,(H2,18,21). The van der Waals surface area contributed by atoms with Gasteiger partial charge >= 0.3 is 0 Å². The van der Waals surface area contributed by atoms with Gasteiger partial charge in [0.25, 0.3) is 0 Å². The minimum atomic E-state index is 0.150. The Morgan fingerprint density at radius 1 is 1.40 bits per heavy atom. The summed E-state index contributed by atoms with van der Waals surface area (Å²) in [5.41, 5.74) is 8.13. The van der Waals surface area contributed by atoms with Gasteiger partial charge in [0, 0.05) is 23.7 Å². The van der Waals surface area contributed by atoms with Crippen LogP contribution in [-0.4, -0.2) is 33.5 Å². The van der Waals surface area contributed by atoms with Gasteiger partial charge in [-0.15, -0.1) is 10.2 Å². The lowest BCUT2D eigenvalue weighted by Crippen LogP contribution is -2.19. The Kier molecular flexibility index (Phi) is 5.37. The van der Waals surface area contributed by atoms with Crippen LogP contribution in [-0.2, 0) is 11.3 Å². The Hall–Kier alpha value is -2.35. The highest BCUT2D eigenvalue weighted by atomic mass is 32.1. The van der Waals surface area contributed by atoms with Gasteiger partial charge in [0.1, 0.15) is 15.9 Å². The van der Waals surface area contributed by atoms with Crippen molar-refractivity contribution < 1.29 is 4.74 Å². The van der Waals surface area contributed by atoms with Crippen LogP contribution in [0.2, 0.25) is 0 Å². The Bertz CT molecular complexity index is 770. The van der Waals surface area contributed by atoms with Crippen LogP contribution in [0.25, 0.3) is 0 Å². The van der Waals surface area contributed by atoms with E-state index in [0.717, 1.165) is 27.7 Å². The molecule has 0 aromatic carbocycles. The topological polar surface area (TPSA) is 110 Å². The molecule has 0 bridgehead atoms. The third kappa shape index (κ3) is 5.06. The first kappa shape index (κ1) is 17.5. The minimum absolute atomic E-state index is 0.150. The molecule has 1 saturated carbocycles. The largest absolute Gasteiger partial charge is 0.480 e. The van der Waals surface area contributed by atoms with Crippen molar-refractivity contribution >= 4 is 23.1 Å². The van der Waals surface area contributed by atoms with Crippen LogP contribution >= 0.6 is 11.3 Å². The molecule has 2 heterocycles. The Morgan fingerprint density at radius 3 is 2.92 bits per heavy atom. The molecule has 2 unspecified atom stereocenters. The van der Waals surface area contributed by atoms with Crippen LogP contribution in [0, 0.1) is 25.2 Å². The van der Waals surface area contributed by atoms with E-state index in [0.29, 0.717) is 30.8 Å². The lowest BCUT2D eigenvalue weighted by atomic mass is 10.2. The third-order valence-corrected chi connectivity index (χ3v) is 4.86. The number of hydrogen-bond donors (Lipinski definition) is 2. The van der Waals surface area contributed by atoms with Crippen molar-refractivity contribution in [3.63, 3.8) is 0 Å². The molecule has 1 fully saturated rings. The number of rotatable bonds is 7. The number of nitrogens with zero attached hydrogens (tertiary/aromatic N) is 4. The second-order valence-corrected chi connectivity index (χ2v) is 7.56. The van der Waals surface area contributed by atoms with E-state index in [1.54, 1.807) is 0 Å². The van der Waals surface area contributed by atoms with E-state index >= 15 is 0 Å². The smallest absolute Gasteiger partial charge is 0.188 e. The summed E-state index contributed by atoms with van der Waals surface area (Å²) in [6.07, 6.45) is 3.17. The van der Waals surface area contributed by atoms with Crippen molar-refractivity contribution in [2.75, 3.05) is 6.61 Å². The van der Waals surface area contributed by atoms with Gasteiger partial charge in [-0.2, -0.15) is 0 Å².